The van der Waals surface area contributed by atoms with Crippen molar-refractivity contribution in [3.63, 3.8) is 0 Å². The molecule has 0 aromatic rings. The third kappa shape index (κ3) is 40.6. The van der Waals surface area contributed by atoms with Crippen LogP contribution in [0.2, 0.25) is 0 Å². The van der Waals surface area contributed by atoms with Crippen LogP contribution in [-0.4, -0.2) is 32.3 Å². The van der Waals surface area contributed by atoms with Crippen LogP contribution in [0.1, 0.15) is 13.3 Å². The molecule has 1 atom stereocenters. The molecule has 0 rings (SSSR count). The zero-order chi connectivity index (χ0) is 9.49. The van der Waals surface area contributed by atoms with Crippen molar-refractivity contribution in [1.82, 2.24) is 0 Å². The molecule has 6 N–H and O–H groups in total. The van der Waals surface area contributed by atoms with Crippen molar-refractivity contribution in [1.29, 1.82) is 0 Å². The summed E-state index contributed by atoms with van der Waals surface area (Å²) < 4.78 is 8.70. The van der Waals surface area contributed by atoms with E-state index in [4.69, 9.17) is 30.3 Å². The van der Waals surface area contributed by atoms with Gasteiger partial charge >= 0.3 is 8.25 Å². The van der Waals surface area contributed by atoms with E-state index in [2.05, 4.69) is 0 Å². The van der Waals surface area contributed by atoms with Gasteiger partial charge in [0.05, 0.1) is 0 Å². The molecule has 11 heavy (non-hydrogen) atoms. The highest BCUT2D eigenvalue weighted by molar-refractivity contribution is 7.30. The Labute approximate surface area is 65.2 Å². The Bertz CT molecular complexity index is 108. The number of aliphatic hydroxyl groups excluding tert-OH is 1. The first-order valence-corrected chi connectivity index (χ1v) is 3.93. The molecular weight excluding hydrogens is 173 g/mol. The van der Waals surface area contributed by atoms with Gasteiger partial charge in [-0.3, -0.25) is 0 Å². The fourth-order valence-electron chi connectivity index (χ4n) is 0.226. The summed E-state index contributed by atoms with van der Waals surface area (Å²) in [6, 6.07) is 0. The Balaban J connectivity index is 0. The molecule has 7 heteroatoms. The Morgan fingerprint density at radius 2 is 1.82 bits per heavy atom. The molecule has 0 aromatic heterocycles. The lowest BCUT2D eigenvalue weighted by Gasteiger charge is -2.13. The maximum absolute atomic E-state index is 8.70. The van der Waals surface area contributed by atoms with E-state index < -0.39 is 14.0 Å². The van der Waals surface area contributed by atoms with Gasteiger partial charge in [-0.15, -0.1) is 9.79 Å². The summed E-state index contributed by atoms with van der Waals surface area (Å²) in [5.74, 6) is 0. The van der Waals surface area contributed by atoms with E-state index >= 15 is 0 Å². The number of hydrogen-bond acceptors (Lipinski definition) is 4. The van der Waals surface area contributed by atoms with Crippen molar-refractivity contribution >= 4 is 8.25 Å². The highest BCUT2D eigenvalue weighted by Gasteiger charge is 2.09. The predicted molar refractivity (Wildman–Crippen MR) is 38.6 cm³/mol. The monoisotopic (exact) mass is 186 g/mol. The van der Waals surface area contributed by atoms with E-state index in [-0.39, 0.29) is 13.0 Å². The van der Waals surface area contributed by atoms with Gasteiger partial charge in [-0.2, -0.15) is 0 Å². The summed E-state index contributed by atoms with van der Waals surface area (Å²) in [6.45, 7) is 1.38. The van der Waals surface area contributed by atoms with Gasteiger partial charge in [0, 0.05) is 17.6 Å². The van der Waals surface area contributed by atoms with Gasteiger partial charge in [0.25, 0.3) is 0 Å². The Hall–Kier alpha value is -0.100. The van der Waals surface area contributed by atoms with Crippen molar-refractivity contribution < 1.29 is 24.6 Å². The van der Waals surface area contributed by atoms with Gasteiger partial charge in [0.1, 0.15) is 5.72 Å². The fourth-order valence-corrected chi connectivity index (χ4v) is 0.226. The molecule has 0 aliphatic carbocycles. The lowest BCUT2D eigenvalue weighted by Crippen LogP contribution is -2.36. The minimum Gasteiger partial charge on any atom is -0.396 e. The van der Waals surface area contributed by atoms with Crippen molar-refractivity contribution in [2.45, 2.75) is 19.1 Å². The number of hydrogen-bond donors (Lipinski definition) is 5. The Kier molecular flexibility index (Phi) is 8.09. The van der Waals surface area contributed by atoms with Crippen LogP contribution in [0.4, 0.5) is 0 Å². The summed E-state index contributed by atoms with van der Waals surface area (Å²) in [5.41, 5.74) is 3.84. The third-order valence-electron chi connectivity index (χ3n) is 0.618. The van der Waals surface area contributed by atoms with Crippen LogP contribution < -0.4 is 5.73 Å². The molecule has 0 heterocycles. The smallest absolute Gasteiger partial charge is 0.396 e. The van der Waals surface area contributed by atoms with Gasteiger partial charge in [-0.25, -0.2) is 0 Å². The highest BCUT2D eigenvalue weighted by atomic mass is 31.1. The zero-order valence-corrected chi connectivity index (χ0v) is 7.03. The number of nitrogens with two attached hydrogens (primary N) is 1. The lowest BCUT2D eigenvalue weighted by atomic mass is 10.2. The van der Waals surface area contributed by atoms with Crippen molar-refractivity contribution in [3.8, 4) is 0 Å². The molecule has 0 bridgehead atoms. The predicted octanol–water partition coefficient (Wildman–Crippen LogP) is -1.34. The van der Waals surface area contributed by atoms with Crippen LogP contribution in [0.3, 0.4) is 0 Å². The summed E-state index contributed by atoms with van der Waals surface area (Å²) in [5, 5.41) is 16.8. The van der Waals surface area contributed by atoms with Crippen LogP contribution >= 0.6 is 8.25 Å². The molecule has 0 radical (unpaired) electrons. The van der Waals surface area contributed by atoms with Crippen molar-refractivity contribution in [3.05, 3.63) is 0 Å². The molecule has 0 aliphatic heterocycles. The van der Waals surface area contributed by atoms with Crippen LogP contribution in [0.25, 0.3) is 0 Å². The fraction of sp³-hybridized carbons (Fsp3) is 1.00. The van der Waals surface area contributed by atoms with E-state index in [0.29, 0.717) is 0 Å². The maximum atomic E-state index is 8.70. The normalized spacial score (nSPS) is 14.4. The molecule has 0 aromatic carbocycles. The van der Waals surface area contributed by atoms with Crippen LogP contribution in [0.5, 0.6) is 0 Å². The molecule has 0 fully saturated rings. The molecule has 1 unspecified atom stereocenters. The molecule has 0 aliphatic rings. The standard InChI is InChI=1S/C4H11NO2.HO3P/c1-4(5,7)2-3-6;1-4(2)3/h6-7H,2-3,5H2,1H3;(H-,1,2,3)/p+1. The first-order valence-electron chi connectivity index (χ1n) is 2.76. The number of rotatable bonds is 2. The highest BCUT2D eigenvalue weighted by Crippen LogP contribution is 1.98. The average Bonchev–Trinajstić information content (AvgIpc) is 1.58. The van der Waals surface area contributed by atoms with E-state index in [1.807, 2.05) is 0 Å². The Morgan fingerprint density at radius 3 is 1.82 bits per heavy atom. The third-order valence-corrected chi connectivity index (χ3v) is 0.618. The molecule has 0 amide bonds. The first-order chi connectivity index (χ1) is 4.79. The molecule has 0 saturated carbocycles. The van der Waals surface area contributed by atoms with Crippen molar-refractivity contribution in [2.24, 2.45) is 5.73 Å². The summed E-state index contributed by atoms with van der Waals surface area (Å²) >= 11 is 0. The zero-order valence-electron chi connectivity index (χ0n) is 6.14. The maximum Gasteiger partial charge on any atom is 0.692 e. The first kappa shape index (κ1) is 13.5. The minimum absolute atomic E-state index is 0.0660. The van der Waals surface area contributed by atoms with Crippen LogP contribution in [0.15, 0.2) is 0 Å². The minimum atomic E-state index is -2.87. The molecule has 68 valence electrons. The van der Waals surface area contributed by atoms with E-state index in [1.54, 1.807) is 0 Å². The summed E-state index contributed by atoms with van der Waals surface area (Å²) in [4.78, 5) is 14.2. The molecule has 6 nitrogen and oxygen atoms in total. The molecule has 0 saturated heterocycles. The number of aliphatic hydroxyl groups is 2. The summed E-state index contributed by atoms with van der Waals surface area (Å²) in [7, 11) is -2.87. The van der Waals surface area contributed by atoms with E-state index in [9.17, 15) is 0 Å². The van der Waals surface area contributed by atoms with Crippen molar-refractivity contribution in [2.75, 3.05) is 6.61 Å². The molecule has 0 spiro atoms. The molecular formula is C4H13NO5P+. The van der Waals surface area contributed by atoms with E-state index in [1.165, 1.54) is 6.92 Å². The quantitative estimate of drug-likeness (QED) is 0.268. The van der Waals surface area contributed by atoms with Gasteiger partial charge in [-0.1, -0.05) is 0 Å². The second-order valence-corrected chi connectivity index (χ2v) is 2.59. The SMILES string of the molecule is CC(N)(O)CCO.O=[P+](O)O. The van der Waals surface area contributed by atoms with E-state index in [0.717, 1.165) is 0 Å². The average molecular weight is 186 g/mol. The lowest BCUT2D eigenvalue weighted by molar-refractivity contribution is 0.0397. The largest absolute Gasteiger partial charge is 0.692 e. The van der Waals surface area contributed by atoms with Gasteiger partial charge in [-0.05, 0) is 6.92 Å². The second kappa shape index (κ2) is 6.60. The summed E-state index contributed by atoms with van der Waals surface area (Å²) in [6.07, 6.45) is 0.229. The van der Waals surface area contributed by atoms with Gasteiger partial charge in [0.2, 0.25) is 0 Å². The Morgan fingerprint density at radius 1 is 1.55 bits per heavy atom. The van der Waals surface area contributed by atoms with Gasteiger partial charge in [0.15, 0.2) is 0 Å². The topological polar surface area (TPSA) is 124 Å². The second-order valence-electron chi connectivity index (χ2n) is 2.08. The van der Waals surface area contributed by atoms with Crippen LogP contribution in [0, 0.1) is 0 Å². The van der Waals surface area contributed by atoms with Crippen LogP contribution in [-0.2, 0) is 4.57 Å². The van der Waals surface area contributed by atoms with Gasteiger partial charge < -0.3 is 15.9 Å².